The van der Waals surface area contributed by atoms with Crippen LogP contribution in [-0.2, 0) is 19.7 Å². The van der Waals surface area contributed by atoms with Gasteiger partial charge in [-0.2, -0.15) is 4.98 Å². The molecule has 0 saturated carbocycles. The fraction of sp³-hybridized carbons (Fsp3) is 0.200. The van der Waals surface area contributed by atoms with E-state index in [1.807, 2.05) is 24.3 Å². The van der Waals surface area contributed by atoms with Crippen LogP contribution in [-0.4, -0.2) is 9.55 Å². The van der Waals surface area contributed by atoms with E-state index in [1.54, 1.807) is 6.92 Å². The maximum Gasteiger partial charge on any atom is 0.272 e. The number of nitrogens with two attached hydrogens (primary N) is 1. The summed E-state index contributed by atoms with van der Waals surface area (Å²) in [5, 5.41) is 0. The summed E-state index contributed by atoms with van der Waals surface area (Å²) in [7, 11) is 0. The van der Waals surface area contributed by atoms with Crippen LogP contribution in [0.15, 0.2) is 51.7 Å². The molecule has 0 aliphatic rings. The van der Waals surface area contributed by atoms with Gasteiger partial charge in [0.25, 0.3) is 5.56 Å². The Kier molecular flexibility index (Phi) is 6.21. The third kappa shape index (κ3) is 4.45. The van der Waals surface area contributed by atoms with E-state index in [2.05, 4.69) is 20.9 Å². The highest BCUT2D eigenvalue weighted by atomic mass is 79.9. The average Bonchev–Trinajstić information content (AvgIpc) is 2.68. The molecule has 0 bridgehead atoms. The summed E-state index contributed by atoms with van der Waals surface area (Å²) >= 11 is 3.22. The second-order valence-corrected chi connectivity index (χ2v) is 7.01. The molecule has 1 heterocycles. The molecular weight excluding hydrogens is 432 g/mol. The molecule has 3 aromatic rings. The van der Waals surface area contributed by atoms with Gasteiger partial charge < -0.3 is 10.5 Å². The summed E-state index contributed by atoms with van der Waals surface area (Å²) < 4.78 is 33.9. The minimum absolute atomic E-state index is 0.0539. The van der Waals surface area contributed by atoms with Gasteiger partial charge in [0.15, 0.2) is 0 Å². The minimum atomic E-state index is -0.721. The molecule has 0 aliphatic heterocycles. The maximum atomic E-state index is 13.8. The molecule has 1 aromatic heterocycles. The van der Waals surface area contributed by atoms with Crippen molar-refractivity contribution >= 4 is 15.9 Å². The third-order valence-electron chi connectivity index (χ3n) is 4.22. The van der Waals surface area contributed by atoms with Gasteiger partial charge >= 0.3 is 0 Å². The number of ether oxygens (including phenoxy) is 1. The number of aryl methyl sites for hydroxylation is 1. The van der Waals surface area contributed by atoms with Crippen molar-refractivity contribution in [2.45, 2.75) is 26.6 Å². The smallest absolute Gasteiger partial charge is 0.272 e. The van der Waals surface area contributed by atoms with Crippen molar-refractivity contribution < 1.29 is 13.5 Å². The Balaban J connectivity index is 1.84. The van der Waals surface area contributed by atoms with E-state index in [4.69, 9.17) is 10.5 Å². The van der Waals surface area contributed by atoms with Gasteiger partial charge in [0, 0.05) is 18.2 Å². The van der Waals surface area contributed by atoms with E-state index >= 15 is 0 Å². The fourth-order valence-corrected chi connectivity index (χ4v) is 3.13. The maximum absolute atomic E-state index is 13.8. The highest BCUT2D eigenvalue weighted by molar-refractivity contribution is 9.10. The Morgan fingerprint density at radius 2 is 1.93 bits per heavy atom. The molecule has 0 atom stereocenters. The first kappa shape index (κ1) is 20.2. The molecular formula is C20H18BrF2N3O2. The van der Waals surface area contributed by atoms with Crippen molar-refractivity contribution in [2.24, 2.45) is 5.73 Å². The molecule has 0 radical (unpaired) electrons. The van der Waals surface area contributed by atoms with Gasteiger partial charge in [0.05, 0.1) is 6.54 Å². The molecule has 2 aromatic carbocycles. The average molecular weight is 450 g/mol. The molecule has 0 saturated heterocycles. The topological polar surface area (TPSA) is 70.1 Å². The predicted octanol–water partition coefficient (Wildman–Crippen LogP) is 3.68. The minimum Gasteiger partial charge on any atom is -0.472 e. The molecule has 146 valence electrons. The van der Waals surface area contributed by atoms with E-state index in [-0.39, 0.29) is 28.1 Å². The normalized spacial score (nSPS) is 10.9. The van der Waals surface area contributed by atoms with Gasteiger partial charge in [-0.05, 0) is 46.1 Å². The largest absolute Gasteiger partial charge is 0.472 e. The number of benzene rings is 2. The van der Waals surface area contributed by atoms with E-state index in [0.29, 0.717) is 18.9 Å². The van der Waals surface area contributed by atoms with Crippen LogP contribution < -0.4 is 16.0 Å². The Labute approximate surface area is 168 Å². The number of rotatable bonds is 6. The summed E-state index contributed by atoms with van der Waals surface area (Å²) in [6.07, 6.45) is 0. The van der Waals surface area contributed by atoms with Crippen molar-refractivity contribution in [2.75, 3.05) is 0 Å². The van der Waals surface area contributed by atoms with Crippen LogP contribution in [0.5, 0.6) is 5.88 Å². The molecule has 2 N–H and O–H groups in total. The Hall–Kier alpha value is -2.58. The number of halogens is 3. The first-order valence-electron chi connectivity index (χ1n) is 8.50. The van der Waals surface area contributed by atoms with Gasteiger partial charge in [0.1, 0.15) is 28.5 Å². The number of nitrogens with zero attached hydrogens (tertiary/aromatic N) is 2. The van der Waals surface area contributed by atoms with Crippen LogP contribution in [0.3, 0.4) is 0 Å². The van der Waals surface area contributed by atoms with E-state index in [1.165, 1.54) is 10.6 Å². The molecule has 0 fully saturated rings. The van der Waals surface area contributed by atoms with Gasteiger partial charge in [-0.15, -0.1) is 0 Å². The summed E-state index contributed by atoms with van der Waals surface area (Å²) in [4.78, 5) is 17.0. The van der Waals surface area contributed by atoms with Crippen molar-refractivity contribution in [3.05, 3.63) is 91.4 Å². The van der Waals surface area contributed by atoms with Crippen LogP contribution in [0.2, 0.25) is 0 Å². The molecule has 0 spiro atoms. The second kappa shape index (κ2) is 8.62. The summed E-state index contributed by atoms with van der Waals surface area (Å²) in [6.45, 7) is 2.25. The third-order valence-corrected chi connectivity index (χ3v) is 4.90. The Morgan fingerprint density at radius 1 is 1.18 bits per heavy atom. The molecule has 3 rings (SSSR count). The highest BCUT2D eigenvalue weighted by Gasteiger charge is 2.15. The Morgan fingerprint density at radius 3 is 2.64 bits per heavy atom. The predicted molar refractivity (Wildman–Crippen MR) is 105 cm³/mol. The highest BCUT2D eigenvalue weighted by Crippen LogP contribution is 2.21. The summed E-state index contributed by atoms with van der Waals surface area (Å²) in [6, 6.07) is 10.8. The van der Waals surface area contributed by atoms with Crippen molar-refractivity contribution in [3.63, 3.8) is 0 Å². The zero-order chi connectivity index (χ0) is 20.3. The van der Waals surface area contributed by atoms with Gasteiger partial charge in [-0.25, -0.2) is 8.78 Å². The molecule has 8 heteroatoms. The standard InChI is InChI=1S/C20H18BrF2N3O2/c1-12-25-19(28-11-15-5-6-16(22)8-17(15)23)18(21)20(27)26(12)10-14-4-2-3-13(7-14)9-24/h2-8H,9-11,24H2,1H3. The van der Waals surface area contributed by atoms with E-state index in [0.717, 1.165) is 23.3 Å². The number of aromatic nitrogens is 2. The van der Waals surface area contributed by atoms with Crippen LogP contribution in [0.1, 0.15) is 22.5 Å². The first-order valence-corrected chi connectivity index (χ1v) is 9.30. The van der Waals surface area contributed by atoms with Crippen molar-refractivity contribution in [3.8, 4) is 5.88 Å². The van der Waals surface area contributed by atoms with Gasteiger partial charge in [0.2, 0.25) is 5.88 Å². The zero-order valence-corrected chi connectivity index (χ0v) is 16.7. The monoisotopic (exact) mass is 449 g/mol. The Bertz CT molecular complexity index is 1070. The summed E-state index contributed by atoms with van der Waals surface area (Å²) in [5.74, 6) is -0.891. The van der Waals surface area contributed by atoms with E-state index < -0.39 is 11.6 Å². The van der Waals surface area contributed by atoms with E-state index in [9.17, 15) is 13.6 Å². The summed E-state index contributed by atoms with van der Waals surface area (Å²) in [5.41, 5.74) is 7.40. The molecule has 0 unspecified atom stereocenters. The molecule has 0 aliphatic carbocycles. The lowest BCUT2D eigenvalue weighted by Gasteiger charge is -2.14. The van der Waals surface area contributed by atoms with Crippen LogP contribution in [0.4, 0.5) is 8.78 Å². The second-order valence-electron chi connectivity index (χ2n) is 6.22. The molecule has 5 nitrogen and oxygen atoms in total. The van der Waals surface area contributed by atoms with Crippen LogP contribution in [0, 0.1) is 18.6 Å². The van der Waals surface area contributed by atoms with Gasteiger partial charge in [-0.1, -0.05) is 24.3 Å². The van der Waals surface area contributed by atoms with Gasteiger partial charge in [-0.3, -0.25) is 9.36 Å². The zero-order valence-electron chi connectivity index (χ0n) is 15.1. The van der Waals surface area contributed by atoms with Crippen LogP contribution in [0.25, 0.3) is 0 Å². The molecule has 0 amide bonds. The lowest BCUT2D eigenvalue weighted by Crippen LogP contribution is -2.26. The van der Waals surface area contributed by atoms with Crippen molar-refractivity contribution in [1.82, 2.24) is 9.55 Å². The first-order chi connectivity index (χ1) is 13.4. The molecule has 28 heavy (non-hydrogen) atoms. The lowest BCUT2D eigenvalue weighted by atomic mass is 10.1. The fourth-order valence-electron chi connectivity index (χ4n) is 2.72. The lowest BCUT2D eigenvalue weighted by molar-refractivity contribution is 0.282. The number of hydrogen-bond donors (Lipinski definition) is 1. The quantitative estimate of drug-likeness (QED) is 0.622. The number of hydrogen-bond acceptors (Lipinski definition) is 4. The van der Waals surface area contributed by atoms with Crippen molar-refractivity contribution in [1.29, 1.82) is 0 Å². The SMILES string of the molecule is Cc1nc(OCc2ccc(F)cc2F)c(Br)c(=O)n1Cc1cccc(CN)c1. The van der Waals surface area contributed by atoms with Crippen LogP contribution >= 0.6 is 15.9 Å².